The molecule has 1 heterocycles. The van der Waals surface area contributed by atoms with Crippen molar-refractivity contribution < 1.29 is 14.3 Å². The molecule has 0 atom stereocenters. The number of anilines is 1. The number of carbonyl (C=O) groups is 2. The number of hydrogen-bond acceptors (Lipinski definition) is 6. The molecule has 0 radical (unpaired) electrons. The van der Waals surface area contributed by atoms with Crippen LogP contribution in [0.5, 0.6) is 0 Å². The van der Waals surface area contributed by atoms with E-state index in [1.165, 1.54) is 18.9 Å². The fourth-order valence-corrected chi connectivity index (χ4v) is 3.93. The van der Waals surface area contributed by atoms with Crippen molar-refractivity contribution in [1.29, 1.82) is 0 Å². The maximum atomic E-state index is 12.4. The molecule has 148 valence electrons. The second-order valence-electron chi connectivity index (χ2n) is 5.71. The molecular weight excluding hydrogens is 478 g/mol. The number of hydrogen-bond donors (Lipinski definition) is 1. The number of thioether (sulfide) groups is 1. The zero-order chi connectivity index (χ0) is 20.8. The highest BCUT2D eigenvalue weighted by Gasteiger charge is 2.14. The first kappa shape index (κ1) is 21.3. The van der Waals surface area contributed by atoms with E-state index in [0.717, 1.165) is 5.56 Å². The normalized spacial score (nSPS) is 10.4. The van der Waals surface area contributed by atoms with Gasteiger partial charge in [-0.3, -0.25) is 9.78 Å². The average Bonchev–Trinajstić information content (AvgIpc) is 2.74. The van der Waals surface area contributed by atoms with Gasteiger partial charge in [0.25, 0.3) is 0 Å². The third-order valence-electron chi connectivity index (χ3n) is 3.80. The monoisotopic (exact) mass is 491 g/mol. The van der Waals surface area contributed by atoms with Crippen molar-refractivity contribution in [3.05, 3.63) is 69.9 Å². The summed E-state index contributed by atoms with van der Waals surface area (Å²) in [4.78, 5) is 32.7. The maximum Gasteiger partial charge on any atom is 0.337 e. The van der Waals surface area contributed by atoms with Crippen LogP contribution in [0.4, 0.5) is 5.69 Å². The van der Waals surface area contributed by atoms with Crippen LogP contribution in [-0.4, -0.2) is 34.7 Å². The van der Waals surface area contributed by atoms with Crippen LogP contribution >= 0.6 is 39.3 Å². The Morgan fingerprint density at radius 2 is 1.93 bits per heavy atom. The number of rotatable bonds is 6. The highest BCUT2D eigenvalue weighted by atomic mass is 79.9. The molecule has 0 aliphatic rings. The Labute approximate surface area is 185 Å². The minimum atomic E-state index is -0.450. The SMILES string of the molecule is COC(=O)c1ccc(NC(=O)CSc2nccnc2-c2ccccc2Cl)c(Br)c1. The van der Waals surface area contributed by atoms with Crippen LogP contribution in [0.1, 0.15) is 10.4 Å². The van der Waals surface area contributed by atoms with Gasteiger partial charge >= 0.3 is 5.97 Å². The molecule has 1 N–H and O–H groups in total. The van der Waals surface area contributed by atoms with Crippen LogP contribution in [-0.2, 0) is 9.53 Å². The van der Waals surface area contributed by atoms with Crippen LogP contribution < -0.4 is 5.32 Å². The van der Waals surface area contributed by atoms with Crippen molar-refractivity contribution >= 4 is 56.9 Å². The number of amides is 1. The molecular formula is C20H15BrClN3O3S. The number of esters is 1. The van der Waals surface area contributed by atoms with Crippen LogP contribution in [0.2, 0.25) is 5.02 Å². The Morgan fingerprint density at radius 1 is 1.17 bits per heavy atom. The molecule has 2 aromatic carbocycles. The van der Waals surface area contributed by atoms with E-state index >= 15 is 0 Å². The van der Waals surface area contributed by atoms with Gasteiger partial charge < -0.3 is 10.1 Å². The standard InChI is InChI=1S/C20H15BrClN3O3S/c1-28-20(27)12-6-7-16(14(21)10-12)25-17(26)11-29-19-18(23-8-9-24-19)13-4-2-3-5-15(13)22/h2-10H,11H2,1H3,(H,25,26). The fraction of sp³-hybridized carbons (Fsp3) is 0.100. The van der Waals surface area contributed by atoms with Crippen LogP contribution in [0.25, 0.3) is 11.3 Å². The number of aromatic nitrogens is 2. The molecule has 0 spiro atoms. The summed E-state index contributed by atoms with van der Waals surface area (Å²) >= 11 is 10.9. The zero-order valence-corrected chi connectivity index (χ0v) is 18.3. The summed E-state index contributed by atoms with van der Waals surface area (Å²) in [6, 6.07) is 12.2. The Hall–Kier alpha value is -2.42. The minimum Gasteiger partial charge on any atom is -0.465 e. The summed E-state index contributed by atoms with van der Waals surface area (Å²) < 4.78 is 5.26. The number of carbonyl (C=O) groups excluding carboxylic acids is 2. The average molecular weight is 493 g/mol. The number of nitrogens with one attached hydrogen (secondary N) is 1. The van der Waals surface area contributed by atoms with Gasteiger partial charge in [-0.05, 0) is 40.2 Å². The molecule has 1 aromatic heterocycles. The van der Waals surface area contributed by atoms with Gasteiger partial charge in [0.2, 0.25) is 5.91 Å². The topological polar surface area (TPSA) is 81.2 Å². The van der Waals surface area contributed by atoms with E-state index < -0.39 is 5.97 Å². The van der Waals surface area contributed by atoms with Crippen LogP contribution in [0, 0.1) is 0 Å². The number of benzene rings is 2. The van der Waals surface area contributed by atoms with Crippen molar-refractivity contribution in [2.75, 3.05) is 18.2 Å². The van der Waals surface area contributed by atoms with Gasteiger partial charge in [0.05, 0.1) is 29.1 Å². The summed E-state index contributed by atoms with van der Waals surface area (Å²) in [5.41, 5.74) is 2.32. The Morgan fingerprint density at radius 3 is 2.66 bits per heavy atom. The number of nitrogens with zero attached hydrogens (tertiary/aromatic N) is 2. The molecule has 6 nitrogen and oxygen atoms in total. The lowest BCUT2D eigenvalue weighted by molar-refractivity contribution is -0.113. The minimum absolute atomic E-state index is 0.126. The van der Waals surface area contributed by atoms with E-state index in [1.807, 2.05) is 18.2 Å². The molecule has 0 aliphatic carbocycles. The predicted octanol–water partition coefficient (Wildman–Crippen LogP) is 5.08. The van der Waals surface area contributed by atoms with Gasteiger partial charge in [-0.1, -0.05) is 41.6 Å². The van der Waals surface area contributed by atoms with Crippen molar-refractivity contribution in [3.8, 4) is 11.3 Å². The van der Waals surface area contributed by atoms with Gasteiger partial charge in [0.1, 0.15) is 10.7 Å². The summed E-state index contributed by atoms with van der Waals surface area (Å²) in [6.45, 7) is 0. The molecule has 1 amide bonds. The predicted molar refractivity (Wildman–Crippen MR) is 117 cm³/mol. The molecule has 0 saturated heterocycles. The smallest absolute Gasteiger partial charge is 0.337 e. The largest absolute Gasteiger partial charge is 0.465 e. The van der Waals surface area contributed by atoms with E-state index in [2.05, 4.69) is 36.0 Å². The fourth-order valence-electron chi connectivity index (χ4n) is 2.45. The van der Waals surface area contributed by atoms with Gasteiger partial charge in [0, 0.05) is 22.4 Å². The third-order valence-corrected chi connectivity index (χ3v) is 5.76. The Balaban J connectivity index is 1.69. The number of halogens is 2. The van der Waals surface area contributed by atoms with E-state index in [1.54, 1.807) is 36.7 Å². The lowest BCUT2D eigenvalue weighted by atomic mass is 10.2. The summed E-state index contributed by atoms with van der Waals surface area (Å²) in [7, 11) is 1.31. The Bertz CT molecular complexity index is 1060. The van der Waals surface area contributed by atoms with Crippen LogP contribution in [0.15, 0.2) is 64.4 Å². The van der Waals surface area contributed by atoms with Crippen molar-refractivity contribution in [1.82, 2.24) is 9.97 Å². The summed E-state index contributed by atoms with van der Waals surface area (Å²) in [6.07, 6.45) is 3.16. The van der Waals surface area contributed by atoms with Gasteiger partial charge in [-0.2, -0.15) is 0 Å². The molecule has 0 fully saturated rings. The van der Waals surface area contributed by atoms with Gasteiger partial charge in [-0.15, -0.1) is 0 Å². The van der Waals surface area contributed by atoms with E-state index in [-0.39, 0.29) is 11.7 Å². The molecule has 3 aromatic rings. The van der Waals surface area contributed by atoms with E-state index in [4.69, 9.17) is 11.6 Å². The van der Waals surface area contributed by atoms with Gasteiger partial charge in [-0.25, -0.2) is 9.78 Å². The molecule has 29 heavy (non-hydrogen) atoms. The first-order chi connectivity index (χ1) is 14.0. The number of methoxy groups -OCH3 is 1. The molecule has 0 bridgehead atoms. The highest BCUT2D eigenvalue weighted by molar-refractivity contribution is 9.10. The quantitative estimate of drug-likeness (QED) is 0.382. The lowest BCUT2D eigenvalue weighted by Crippen LogP contribution is -2.15. The second kappa shape index (κ2) is 9.87. The molecule has 9 heteroatoms. The first-order valence-corrected chi connectivity index (χ1v) is 10.5. The Kier molecular flexibility index (Phi) is 7.24. The second-order valence-corrected chi connectivity index (χ2v) is 7.94. The van der Waals surface area contributed by atoms with Crippen molar-refractivity contribution in [2.45, 2.75) is 5.03 Å². The van der Waals surface area contributed by atoms with Crippen molar-refractivity contribution in [3.63, 3.8) is 0 Å². The molecule has 0 aliphatic heterocycles. The molecule has 0 saturated carbocycles. The van der Waals surface area contributed by atoms with Crippen molar-refractivity contribution in [2.24, 2.45) is 0 Å². The van der Waals surface area contributed by atoms with E-state index in [0.29, 0.717) is 31.5 Å². The molecule has 3 rings (SSSR count). The third kappa shape index (κ3) is 5.35. The van der Waals surface area contributed by atoms with Crippen LogP contribution in [0.3, 0.4) is 0 Å². The maximum absolute atomic E-state index is 12.4. The molecule has 0 unspecified atom stereocenters. The number of ether oxygens (including phenoxy) is 1. The summed E-state index contributed by atoms with van der Waals surface area (Å²) in [5, 5.41) is 3.97. The summed E-state index contributed by atoms with van der Waals surface area (Å²) in [5.74, 6) is -0.549. The van der Waals surface area contributed by atoms with E-state index in [9.17, 15) is 9.59 Å². The van der Waals surface area contributed by atoms with Gasteiger partial charge in [0.15, 0.2) is 0 Å². The highest BCUT2D eigenvalue weighted by Crippen LogP contribution is 2.32. The zero-order valence-electron chi connectivity index (χ0n) is 15.2. The lowest BCUT2D eigenvalue weighted by Gasteiger charge is -2.10. The first-order valence-electron chi connectivity index (χ1n) is 8.36.